The number of carbonyl (C=O) groups excluding carboxylic acids is 1. The Labute approximate surface area is 147 Å². The molecule has 4 rings (SSSR count). The topological polar surface area (TPSA) is 87.9 Å². The molecule has 1 saturated heterocycles. The van der Waals surface area contributed by atoms with Crippen LogP contribution in [-0.2, 0) is 0 Å². The van der Waals surface area contributed by atoms with E-state index in [0.717, 1.165) is 43.4 Å². The smallest absolute Gasteiger partial charge is 0.272 e. The Kier molecular flexibility index (Phi) is 4.29. The normalized spacial score (nSPS) is 22.4. The summed E-state index contributed by atoms with van der Waals surface area (Å²) in [5.41, 5.74) is 8.69. The highest BCUT2D eigenvalue weighted by Crippen LogP contribution is 2.47. The monoisotopic (exact) mass is 339 g/mol. The average molecular weight is 339 g/mol. The molecule has 25 heavy (non-hydrogen) atoms. The first-order valence-corrected chi connectivity index (χ1v) is 9.20. The lowest BCUT2D eigenvalue weighted by Crippen LogP contribution is -2.58. The first-order valence-electron chi connectivity index (χ1n) is 9.20. The van der Waals surface area contributed by atoms with Crippen molar-refractivity contribution in [2.75, 3.05) is 13.1 Å². The van der Waals surface area contributed by atoms with Crippen molar-refractivity contribution >= 4 is 5.91 Å². The Bertz CT molecular complexity index is 715. The number of amides is 1. The van der Waals surface area contributed by atoms with E-state index >= 15 is 0 Å². The number of aromatic amines is 1. The molecule has 3 N–H and O–H groups in total. The molecule has 0 bridgehead atoms. The molecule has 0 aromatic carbocycles. The third-order valence-corrected chi connectivity index (χ3v) is 6.04. The van der Waals surface area contributed by atoms with Crippen molar-refractivity contribution in [1.82, 2.24) is 20.1 Å². The van der Waals surface area contributed by atoms with E-state index in [1.165, 1.54) is 12.8 Å². The van der Waals surface area contributed by atoms with Gasteiger partial charge in [0.25, 0.3) is 5.91 Å². The van der Waals surface area contributed by atoms with Gasteiger partial charge < -0.3 is 10.6 Å². The van der Waals surface area contributed by atoms with Crippen LogP contribution in [0.4, 0.5) is 0 Å². The number of nitrogens with one attached hydrogen (secondary N) is 1. The first kappa shape index (κ1) is 16.3. The number of pyridine rings is 1. The van der Waals surface area contributed by atoms with Gasteiger partial charge in [-0.25, -0.2) is 0 Å². The van der Waals surface area contributed by atoms with Crippen LogP contribution in [0.3, 0.4) is 0 Å². The van der Waals surface area contributed by atoms with E-state index in [9.17, 15) is 4.79 Å². The molecule has 3 heterocycles. The third kappa shape index (κ3) is 2.84. The molecule has 1 unspecified atom stereocenters. The van der Waals surface area contributed by atoms with E-state index in [0.29, 0.717) is 12.2 Å². The number of H-pyrrole nitrogens is 1. The van der Waals surface area contributed by atoms with Gasteiger partial charge in [-0.1, -0.05) is 12.5 Å². The number of nitrogens with zero attached hydrogens (tertiary/aromatic N) is 3. The number of nitrogens with two attached hydrogens (primary N) is 1. The highest BCUT2D eigenvalue weighted by Gasteiger charge is 2.47. The van der Waals surface area contributed by atoms with Crippen LogP contribution in [0.15, 0.2) is 30.7 Å². The van der Waals surface area contributed by atoms with Gasteiger partial charge in [0.15, 0.2) is 0 Å². The Hall–Kier alpha value is -2.21. The van der Waals surface area contributed by atoms with E-state index in [-0.39, 0.29) is 17.4 Å². The number of likely N-dealkylation sites (tertiary alicyclic amines) is 1. The number of rotatable bonds is 4. The summed E-state index contributed by atoms with van der Waals surface area (Å²) in [5, 5.41) is 6.75. The number of carbonyl (C=O) groups is 1. The summed E-state index contributed by atoms with van der Waals surface area (Å²) in [6.07, 6.45) is 12.2. The second-order valence-corrected chi connectivity index (χ2v) is 7.35. The quantitative estimate of drug-likeness (QED) is 0.896. The Morgan fingerprint density at radius 1 is 1.24 bits per heavy atom. The van der Waals surface area contributed by atoms with E-state index in [1.54, 1.807) is 12.4 Å². The van der Waals surface area contributed by atoms with Crippen molar-refractivity contribution in [2.24, 2.45) is 11.1 Å². The maximum atomic E-state index is 13.1. The van der Waals surface area contributed by atoms with Gasteiger partial charge in [0, 0.05) is 41.5 Å². The summed E-state index contributed by atoms with van der Waals surface area (Å²) >= 11 is 0. The van der Waals surface area contributed by atoms with Gasteiger partial charge in [-0.05, 0) is 44.7 Å². The lowest BCUT2D eigenvalue weighted by atomic mass is 9.62. The van der Waals surface area contributed by atoms with Crippen LogP contribution in [0.5, 0.6) is 0 Å². The molecule has 0 radical (unpaired) electrons. The molecule has 0 spiro atoms. The van der Waals surface area contributed by atoms with Crippen molar-refractivity contribution in [3.63, 3.8) is 0 Å². The molecule has 1 atom stereocenters. The fourth-order valence-corrected chi connectivity index (χ4v) is 4.36. The Morgan fingerprint density at radius 3 is 2.72 bits per heavy atom. The van der Waals surface area contributed by atoms with E-state index < -0.39 is 0 Å². The number of hydrogen-bond acceptors (Lipinski definition) is 4. The Morgan fingerprint density at radius 2 is 2.12 bits per heavy atom. The molecule has 1 aliphatic carbocycles. The zero-order chi connectivity index (χ0) is 17.3. The largest absolute Gasteiger partial charge is 0.334 e. The van der Waals surface area contributed by atoms with Gasteiger partial charge in [-0.15, -0.1) is 0 Å². The predicted molar refractivity (Wildman–Crippen MR) is 95.8 cm³/mol. The van der Waals surface area contributed by atoms with Gasteiger partial charge in [0.05, 0.1) is 6.20 Å². The lowest BCUT2D eigenvalue weighted by molar-refractivity contribution is -0.00906. The zero-order valence-electron chi connectivity index (χ0n) is 14.4. The van der Waals surface area contributed by atoms with Crippen LogP contribution in [-0.4, -0.2) is 45.1 Å². The molecule has 1 saturated carbocycles. The molecule has 6 nitrogen and oxygen atoms in total. The fourth-order valence-electron chi connectivity index (χ4n) is 4.36. The van der Waals surface area contributed by atoms with Crippen LogP contribution < -0.4 is 5.73 Å². The maximum absolute atomic E-state index is 13.1. The average Bonchev–Trinajstić information content (AvgIpc) is 3.16. The van der Waals surface area contributed by atoms with Crippen LogP contribution in [0.2, 0.25) is 0 Å². The SMILES string of the molecule is NCC1(C2CCCCN2C(=O)c2ccc(-c3cn[nH]c3)cn2)CCC1. The Balaban J connectivity index is 1.56. The highest BCUT2D eigenvalue weighted by molar-refractivity contribution is 5.93. The molecular weight excluding hydrogens is 314 g/mol. The van der Waals surface area contributed by atoms with Crippen molar-refractivity contribution in [1.29, 1.82) is 0 Å². The van der Waals surface area contributed by atoms with Crippen LogP contribution in [0.25, 0.3) is 11.1 Å². The standard InChI is InChI=1S/C19H25N5O/c20-13-19(7-3-8-19)17-4-1-2-9-24(17)18(25)16-6-5-14(10-21-16)15-11-22-23-12-15/h5-6,10-12,17H,1-4,7-9,13,20H2,(H,22,23). The van der Waals surface area contributed by atoms with Crippen molar-refractivity contribution in [3.05, 3.63) is 36.4 Å². The second kappa shape index (κ2) is 6.59. The van der Waals surface area contributed by atoms with Crippen molar-refractivity contribution in [3.8, 4) is 11.1 Å². The molecule has 132 valence electrons. The minimum atomic E-state index is 0.0446. The summed E-state index contributed by atoms with van der Waals surface area (Å²) < 4.78 is 0. The number of piperidine rings is 1. The minimum Gasteiger partial charge on any atom is -0.334 e. The van der Waals surface area contributed by atoms with Crippen molar-refractivity contribution < 1.29 is 4.79 Å². The van der Waals surface area contributed by atoms with E-state index in [4.69, 9.17) is 5.73 Å². The molecule has 6 heteroatoms. The van der Waals surface area contributed by atoms with Crippen LogP contribution >= 0.6 is 0 Å². The van der Waals surface area contributed by atoms with Crippen LogP contribution in [0.1, 0.15) is 49.0 Å². The summed E-state index contributed by atoms with van der Waals surface area (Å²) in [4.78, 5) is 19.6. The van der Waals surface area contributed by atoms with Crippen LogP contribution in [0, 0.1) is 5.41 Å². The second-order valence-electron chi connectivity index (χ2n) is 7.35. The lowest BCUT2D eigenvalue weighted by Gasteiger charge is -2.53. The summed E-state index contributed by atoms with van der Waals surface area (Å²) in [6, 6.07) is 4.03. The molecule has 1 amide bonds. The highest BCUT2D eigenvalue weighted by atomic mass is 16.2. The third-order valence-electron chi connectivity index (χ3n) is 6.04. The summed E-state index contributed by atoms with van der Waals surface area (Å²) in [5.74, 6) is 0.0446. The first-order chi connectivity index (χ1) is 12.2. The maximum Gasteiger partial charge on any atom is 0.272 e. The van der Waals surface area contributed by atoms with E-state index in [1.807, 2.05) is 18.3 Å². The summed E-state index contributed by atoms with van der Waals surface area (Å²) in [7, 11) is 0. The van der Waals surface area contributed by atoms with Crippen molar-refractivity contribution in [2.45, 2.75) is 44.6 Å². The molecule has 2 fully saturated rings. The van der Waals surface area contributed by atoms with Gasteiger partial charge in [-0.2, -0.15) is 5.10 Å². The summed E-state index contributed by atoms with van der Waals surface area (Å²) in [6.45, 7) is 1.49. The van der Waals surface area contributed by atoms with Gasteiger partial charge in [-0.3, -0.25) is 14.9 Å². The molecular formula is C19H25N5O. The molecule has 2 aromatic rings. The van der Waals surface area contributed by atoms with Gasteiger partial charge in [0.2, 0.25) is 0 Å². The fraction of sp³-hybridized carbons (Fsp3) is 0.526. The minimum absolute atomic E-state index is 0.0446. The number of hydrogen-bond donors (Lipinski definition) is 2. The number of aromatic nitrogens is 3. The molecule has 2 aromatic heterocycles. The zero-order valence-corrected chi connectivity index (χ0v) is 14.4. The molecule has 2 aliphatic rings. The van der Waals surface area contributed by atoms with E-state index in [2.05, 4.69) is 20.1 Å². The predicted octanol–water partition coefficient (Wildman–Crippen LogP) is 2.60. The molecule has 1 aliphatic heterocycles. The van der Waals surface area contributed by atoms with Gasteiger partial charge >= 0.3 is 0 Å². The van der Waals surface area contributed by atoms with Gasteiger partial charge in [0.1, 0.15) is 5.69 Å².